The summed E-state index contributed by atoms with van der Waals surface area (Å²) in [5.41, 5.74) is 6.32. The molecule has 2 bridgehead atoms. The number of thiol groups is 2. The van der Waals surface area contributed by atoms with Crippen LogP contribution in [-0.4, -0.2) is 99.2 Å². The Bertz CT molecular complexity index is 1840. The Morgan fingerprint density at radius 3 is 2.14 bits per heavy atom. The number of hydrogen-bond acceptors (Lipinski definition) is 17. The summed E-state index contributed by atoms with van der Waals surface area (Å²) in [6, 6.07) is 0. The standard InChI is InChI=1S/C20H22FN9O10P2S2/c21-9-13-8(38-19(9)29-6-28-11-17(29)25-4-26-18(11)32)2-36-42(34,44)40-14-12(31)7(1-35-41(33,43)39-13)37-20(14)30-5-27-10-15(22)23-3-24-16(10)30/h3-9,12-14,19-20,31H,1-2H2,(H,33,43)(H,34,44)(H2,22,23,24)(H,25,26,32)/t7-,8?,9-,12-,13-,14-,19-,20-,41?,42?/m1/s1. The number of hydrogen-bond donors (Lipinski definition) is 5. The molecule has 0 aromatic carbocycles. The van der Waals surface area contributed by atoms with E-state index in [1.165, 1.54) is 21.8 Å². The topological polar surface area (TPSA) is 243 Å². The SMILES string of the molecule is Nc1ncnc2c1ncn2[C@@H]1O[C@@H]2COP(=O)(S)O[C@@H]3C(COP(=O)(S)O[C@@H]1[C@@H]2O)O[C@@H](n1cnc2c(O)ncnc21)[C@@H]3F. The minimum Gasteiger partial charge on any atom is -0.492 e. The monoisotopic (exact) mass is 693 g/mol. The van der Waals surface area contributed by atoms with E-state index in [4.69, 9.17) is 33.3 Å². The number of halogens is 1. The largest absolute Gasteiger partial charge is 0.492 e. The molecule has 0 saturated carbocycles. The van der Waals surface area contributed by atoms with Crippen LogP contribution in [0.3, 0.4) is 0 Å². The van der Waals surface area contributed by atoms with Crippen molar-refractivity contribution in [3.05, 3.63) is 25.3 Å². The van der Waals surface area contributed by atoms with Crippen LogP contribution in [0.2, 0.25) is 0 Å². The van der Waals surface area contributed by atoms with Crippen molar-refractivity contribution < 1.29 is 51.3 Å². The summed E-state index contributed by atoms with van der Waals surface area (Å²) in [5, 5.41) is 21.1. The number of nitrogens with zero attached hydrogens (tertiary/aromatic N) is 8. The summed E-state index contributed by atoms with van der Waals surface area (Å²) in [5.74, 6) is -0.366. The van der Waals surface area contributed by atoms with Gasteiger partial charge in [0, 0.05) is 0 Å². The highest BCUT2D eigenvalue weighted by atomic mass is 32.7. The van der Waals surface area contributed by atoms with Crippen molar-refractivity contribution in [2.75, 3.05) is 18.9 Å². The average molecular weight is 694 g/mol. The quantitative estimate of drug-likeness (QED) is 0.147. The summed E-state index contributed by atoms with van der Waals surface area (Å²) in [6.07, 6.45) is -7.32. The second-order valence-electron chi connectivity index (χ2n) is 9.84. The number of ether oxygens (including phenoxy) is 2. The van der Waals surface area contributed by atoms with Crippen LogP contribution in [0.5, 0.6) is 5.88 Å². The minimum atomic E-state index is -4.38. The smallest absolute Gasteiger partial charge is 0.386 e. The van der Waals surface area contributed by atoms with E-state index < -0.39 is 81.8 Å². The Morgan fingerprint density at radius 1 is 0.841 bits per heavy atom. The second kappa shape index (κ2) is 11.1. The fourth-order valence-electron chi connectivity index (χ4n) is 5.16. The van der Waals surface area contributed by atoms with Crippen LogP contribution in [0.15, 0.2) is 25.3 Å². The van der Waals surface area contributed by atoms with Crippen LogP contribution in [0.1, 0.15) is 12.5 Å². The van der Waals surface area contributed by atoms with Crippen LogP contribution in [0, 0.1) is 0 Å². The first-order valence-corrected chi connectivity index (χ1v) is 18.1. The first-order chi connectivity index (χ1) is 20.9. The van der Waals surface area contributed by atoms with E-state index in [1.807, 2.05) is 0 Å². The number of imidazole rings is 2. The van der Waals surface area contributed by atoms with Crippen molar-refractivity contribution >= 4 is 66.2 Å². The molecule has 3 unspecified atom stereocenters. The van der Waals surface area contributed by atoms with Crippen LogP contribution >= 0.6 is 38.1 Å². The van der Waals surface area contributed by atoms with Gasteiger partial charge in [-0.15, -0.1) is 0 Å². The van der Waals surface area contributed by atoms with Gasteiger partial charge in [-0.2, -0.15) is 4.98 Å². The third-order valence-electron chi connectivity index (χ3n) is 7.17. The van der Waals surface area contributed by atoms with Gasteiger partial charge in [0.1, 0.15) is 48.7 Å². The molecule has 0 amide bonds. The second-order valence-corrected chi connectivity index (χ2v) is 15.6. The maximum Gasteiger partial charge on any atom is 0.386 e. The summed E-state index contributed by atoms with van der Waals surface area (Å²) >= 11 is 8.05. The van der Waals surface area contributed by atoms with Crippen molar-refractivity contribution in [1.82, 2.24) is 39.0 Å². The molecule has 19 nitrogen and oxygen atoms in total. The van der Waals surface area contributed by atoms with Crippen LogP contribution < -0.4 is 5.73 Å². The number of rotatable bonds is 2. The van der Waals surface area contributed by atoms with E-state index in [-0.39, 0.29) is 28.1 Å². The lowest BCUT2D eigenvalue weighted by Crippen LogP contribution is -2.35. The maximum atomic E-state index is 16.0. The number of fused-ring (bicyclic) bond motifs is 5. The zero-order valence-electron chi connectivity index (χ0n) is 21.8. The Kier molecular flexibility index (Phi) is 7.61. The van der Waals surface area contributed by atoms with E-state index in [9.17, 15) is 19.3 Å². The van der Waals surface area contributed by atoms with E-state index >= 15 is 4.39 Å². The predicted octanol–water partition coefficient (Wildman–Crippen LogP) is 1.34. The lowest BCUT2D eigenvalue weighted by atomic mass is 10.1. The van der Waals surface area contributed by atoms with Crippen molar-refractivity contribution in [3.8, 4) is 5.88 Å². The van der Waals surface area contributed by atoms with Gasteiger partial charge in [0.2, 0.25) is 5.88 Å². The molecule has 3 fully saturated rings. The third-order valence-corrected chi connectivity index (χ3v) is 10.4. The molecule has 10 atom stereocenters. The number of aliphatic hydroxyl groups excluding tert-OH is 1. The van der Waals surface area contributed by atoms with Gasteiger partial charge in [-0.3, -0.25) is 27.2 Å². The zero-order valence-corrected chi connectivity index (χ0v) is 25.4. The third kappa shape index (κ3) is 5.26. The first-order valence-electron chi connectivity index (χ1n) is 12.7. The molecule has 4 aromatic heterocycles. The lowest BCUT2D eigenvalue weighted by molar-refractivity contribution is -0.0568. The number of anilines is 1. The van der Waals surface area contributed by atoms with Crippen molar-refractivity contribution in [2.45, 2.75) is 49.1 Å². The molecule has 7 heterocycles. The average Bonchev–Trinajstić information content (AvgIpc) is 3.73. The number of nitrogens with two attached hydrogens (primary N) is 1. The first kappa shape index (κ1) is 30.2. The Balaban J connectivity index is 1.20. The number of nitrogen functional groups attached to an aromatic ring is 1. The van der Waals surface area contributed by atoms with Gasteiger partial charge in [-0.25, -0.2) is 38.4 Å². The molecule has 7 rings (SSSR count). The maximum absolute atomic E-state index is 16.0. The van der Waals surface area contributed by atoms with Crippen LogP contribution in [0.25, 0.3) is 22.3 Å². The van der Waals surface area contributed by atoms with Gasteiger partial charge >= 0.3 is 13.6 Å². The van der Waals surface area contributed by atoms with Gasteiger partial charge in [0.05, 0.1) is 25.9 Å². The lowest BCUT2D eigenvalue weighted by Gasteiger charge is -2.26. The molecule has 4 N–H and O–H groups in total. The molecule has 3 saturated heterocycles. The molecule has 0 spiro atoms. The van der Waals surface area contributed by atoms with E-state index in [0.717, 1.165) is 12.7 Å². The highest BCUT2D eigenvalue weighted by Crippen LogP contribution is 2.60. The molecule has 4 aromatic rings. The van der Waals surface area contributed by atoms with Crippen LogP contribution in [-0.2, 0) is 36.7 Å². The molecule has 0 radical (unpaired) electrons. The summed E-state index contributed by atoms with van der Waals surface area (Å²) in [4.78, 5) is 23.8. The Hall–Kier alpha value is -2.49. The van der Waals surface area contributed by atoms with Gasteiger partial charge in [-0.1, -0.05) is 24.5 Å². The van der Waals surface area contributed by atoms with Gasteiger partial charge < -0.3 is 25.4 Å². The normalized spacial score (nSPS) is 38.3. The van der Waals surface area contributed by atoms with Gasteiger partial charge in [0.25, 0.3) is 0 Å². The van der Waals surface area contributed by atoms with E-state index in [2.05, 4.69) is 54.4 Å². The fourth-order valence-corrected chi connectivity index (χ4v) is 8.10. The molecule has 236 valence electrons. The van der Waals surface area contributed by atoms with Crippen molar-refractivity contribution in [1.29, 1.82) is 0 Å². The summed E-state index contributed by atoms with van der Waals surface area (Å²) in [7, 11) is 0. The predicted molar refractivity (Wildman–Crippen MR) is 150 cm³/mol. The Morgan fingerprint density at radius 2 is 1.41 bits per heavy atom. The molecule has 24 heteroatoms. The molecule has 3 aliphatic rings. The summed E-state index contributed by atoms with van der Waals surface area (Å²) in [6.45, 7) is -9.99. The molecule has 0 aliphatic carbocycles. The highest BCUT2D eigenvalue weighted by Gasteiger charge is 2.54. The highest BCUT2D eigenvalue weighted by molar-refractivity contribution is 8.44. The molecule has 44 heavy (non-hydrogen) atoms. The van der Waals surface area contributed by atoms with Crippen molar-refractivity contribution in [3.63, 3.8) is 0 Å². The molecular formula is C20H22FN9O10P2S2. The van der Waals surface area contributed by atoms with Crippen LogP contribution in [0.4, 0.5) is 10.2 Å². The summed E-state index contributed by atoms with van der Waals surface area (Å²) < 4.78 is 79.1. The van der Waals surface area contributed by atoms with Gasteiger partial charge in [0.15, 0.2) is 41.3 Å². The number of alkyl halides is 1. The minimum absolute atomic E-state index is 0.0255. The van der Waals surface area contributed by atoms with E-state index in [1.54, 1.807) is 0 Å². The Labute approximate surface area is 255 Å². The fraction of sp³-hybridized carbons (Fsp3) is 0.500. The number of aromatic nitrogens is 8. The zero-order chi connectivity index (χ0) is 31.0. The number of aliphatic hydroxyl groups is 1. The van der Waals surface area contributed by atoms with E-state index in [0.29, 0.717) is 0 Å². The molecule has 3 aliphatic heterocycles. The molecular weight excluding hydrogens is 671 g/mol. The van der Waals surface area contributed by atoms with Gasteiger partial charge in [-0.05, 0) is 0 Å². The number of aromatic hydroxyl groups is 1. The van der Waals surface area contributed by atoms with Crippen molar-refractivity contribution in [2.24, 2.45) is 0 Å².